The quantitative estimate of drug-likeness (QED) is 0.268. The number of H-pyrrole nitrogens is 1. The number of hydrogen-bond donors (Lipinski definition) is 2. The van der Waals surface area contributed by atoms with Gasteiger partial charge in [0.15, 0.2) is 23.3 Å². The van der Waals surface area contributed by atoms with Gasteiger partial charge in [-0.15, -0.1) is 0 Å². The third kappa shape index (κ3) is 4.05. The topological polar surface area (TPSA) is 69.2 Å². The molecule has 1 aromatic heterocycles. The van der Waals surface area contributed by atoms with Crippen LogP contribution < -0.4 is 0 Å². The number of aromatic nitrogens is 2. The van der Waals surface area contributed by atoms with Crippen LogP contribution in [0.25, 0.3) is 33.3 Å². The average Bonchev–Trinajstić information content (AvgIpc) is 3.46. The Labute approximate surface area is 198 Å². The Balaban J connectivity index is 1.64. The molecule has 180 valence electrons. The lowest BCUT2D eigenvalue weighted by Crippen LogP contribution is -2.18. The minimum atomic E-state index is -1.60. The predicted molar refractivity (Wildman–Crippen MR) is 123 cm³/mol. The molecule has 35 heavy (non-hydrogen) atoms. The Kier molecular flexibility index (Phi) is 5.80. The van der Waals surface area contributed by atoms with E-state index in [-0.39, 0.29) is 27.7 Å². The molecule has 2 heterocycles. The maximum Gasteiger partial charge on any atom is 0.337 e. The number of halogens is 4. The first kappa shape index (κ1) is 23.0. The van der Waals surface area contributed by atoms with Gasteiger partial charge in [-0.2, -0.15) is 0 Å². The number of carboxylic acid groups (broad SMARTS) is 1. The second-order valence-corrected chi connectivity index (χ2v) is 8.74. The molecule has 2 N–H and O–H groups in total. The van der Waals surface area contributed by atoms with Crippen molar-refractivity contribution in [2.75, 3.05) is 13.1 Å². The van der Waals surface area contributed by atoms with Crippen molar-refractivity contribution in [3.63, 3.8) is 0 Å². The highest BCUT2D eigenvalue weighted by molar-refractivity contribution is 6.03. The van der Waals surface area contributed by atoms with Crippen LogP contribution in [0.5, 0.6) is 0 Å². The van der Waals surface area contributed by atoms with E-state index in [1.165, 1.54) is 18.2 Å². The fraction of sp³-hybridized carbons (Fsp3) is 0.231. The molecule has 5 nitrogen and oxygen atoms in total. The highest BCUT2D eigenvalue weighted by Crippen LogP contribution is 2.38. The number of imidazole rings is 1. The molecule has 0 unspecified atom stereocenters. The third-order valence-electron chi connectivity index (χ3n) is 6.31. The molecule has 0 bridgehead atoms. The number of likely N-dealkylation sites (tertiary alicyclic amines) is 1. The van der Waals surface area contributed by atoms with Crippen molar-refractivity contribution in [2.45, 2.75) is 26.3 Å². The van der Waals surface area contributed by atoms with Crippen LogP contribution in [0.15, 0.2) is 36.4 Å². The van der Waals surface area contributed by atoms with Crippen molar-refractivity contribution >= 4 is 17.0 Å². The van der Waals surface area contributed by atoms with E-state index in [0.717, 1.165) is 37.6 Å². The SMILES string of the molecule is Cc1nc2c(C(=O)O)cc(-c3c(F)c(F)c(-c4cccc(CN5CCCC5)c4)c(F)c3F)cc2[nH]1. The minimum absolute atomic E-state index is 0.0203. The summed E-state index contributed by atoms with van der Waals surface area (Å²) in [5, 5.41) is 9.54. The zero-order valence-corrected chi connectivity index (χ0v) is 18.8. The Morgan fingerprint density at radius 1 is 0.971 bits per heavy atom. The van der Waals surface area contributed by atoms with Crippen molar-refractivity contribution in [2.24, 2.45) is 0 Å². The fourth-order valence-electron chi connectivity index (χ4n) is 4.71. The van der Waals surface area contributed by atoms with Gasteiger partial charge in [-0.25, -0.2) is 27.3 Å². The van der Waals surface area contributed by atoms with Crippen molar-refractivity contribution in [1.29, 1.82) is 0 Å². The molecule has 0 saturated carbocycles. The lowest BCUT2D eigenvalue weighted by atomic mass is 9.95. The number of benzene rings is 3. The molecular weight excluding hydrogens is 462 g/mol. The van der Waals surface area contributed by atoms with Crippen molar-refractivity contribution < 1.29 is 27.5 Å². The molecule has 0 amide bonds. The number of rotatable bonds is 5. The number of aromatic amines is 1. The van der Waals surface area contributed by atoms with Gasteiger partial charge in [0.25, 0.3) is 0 Å². The number of nitrogens with zero attached hydrogens (tertiary/aromatic N) is 2. The van der Waals surface area contributed by atoms with Crippen LogP contribution in [0, 0.1) is 30.2 Å². The fourth-order valence-corrected chi connectivity index (χ4v) is 4.71. The molecule has 9 heteroatoms. The van der Waals surface area contributed by atoms with Crippen LogP contribution in [0.1, 0.15) is 34.6 Å². The Hall–Kier alpha value is -3.72. The molecule has 1 aliphatic heterocycles. The third-order valence-corrected chi connectivity index (χ3v) is 6.31. The summed E-state index contributed by atoms with van der Waals surface area (Å²) in [5.74, 6) is -7.31. The number of aryl methyl sites for hydroxylation is 1. The van der Waals surface area contributed by atoms with E-state index in [1.54, 1.807) is 19.1 Å². The van der Waals surface area contributed by atoms with Crippen LogP contribution in [0.4, 0.5) is 17.6 Å². The van der Waals surface area contributed by atoms with E-state index in [0.29, 0.717) is 12.4 Å². The van der Waals surface area contributed by atoms with Crippen LogP contribution in [0.3, 0.4) is 0 Å². The van der Waals surface area contributed by atoms with E-state index < -0.39 is 40.4 Å². The van der Waals surface area contributed by atoms with E-state index >= 15 is 17.6 Å². The van der Waals surface area contributed by atoms with E-state index in [4.69, 9.17) is 0 Å². The summed E-state index contributed by atoms with van der Waals surface area (Å²) in [6.07, 6.45) is 2.16. The summed E-state index contributed by atoms with van der Waals surface area (Å²) < 4.78 is 61.1. The first-order valence-corrected chi connectivity index (χ1v) is 11.2. The predicted octanol–water partition coefficient (Wildman–Crippen LogP) is 6.06. The monoisotopic (exact) mass is 483 g/mol. The van der Waals surface area contributed by atoms with Gasteiger partial charge in [-0.05, 0) is 67.7 Å². The molecule has 5 rings (SSSR count). The number of fused-ring (bicyclic) bond motifs is 1. The number of nitrogens with one attached hydrogen (secondary N) is 1. The van der Waals surface area contributed by atoms with Gasteiger partial charge >= 0.3 is 5.97 Å². The number of carbonyl (C=O) groups is 1. The number of hydrogen-bond acceptors (Lipinski definition) is 3. The normalized spacial score (nSPS) is 14.2. The molecule has 0 radical (unpaired) electrons. The average molecular weight is 483 g/mol. The minimum Gasteiger partial charge on any atom is -0.478 e. The summed E-state index contributed by atoms with van der Waals surface area (Å²) >= 11 is 0. The lowest BCUT2D eigenvalue weighted by Gasteiger charge is -2.16. The van der Waals surface area contributed by atoms with E-state index in [1.807, 2.05) is 0 Å². The standard InChI is InChI=1S/C26H21F4N3O2/c1-13-31-18-11-16(10-17(26(34)35)25(18)32-13)20-23(29)21(27)19(22(28)24(20)30)15-6-4-5-14(9-15)12-33-7-2-3-8-33/h4-6,9-11H,2-3,7-8,12H2,1H3,(H,31,32)(H,34,35). The summed E-state index contributed by atoms with van der Waals surface area (Å²) in [6.45, 7) is 3.99. The Bertz CT molecular complexity index is 1450. The second kappa shape index (κ2) is 8.81. The van der Waals surface area contributed by atoms with Crippen molar-refractivity contribution in [3.8, 4) is 22.3 Å². The summed E-state index contributed by atoms with van der Waals surface area (Å²) in [5.41, 5.74) is -1.40. The van der Waals surface area contributed by atoms with Gasteiger partial charge < -0.3 is 10.1 Å². The molecule has 1 saturated heterocycles. The van der Waals surface area contributed by atoms with Gasteiger partial charge in [-0.3, -0.25) is 4.90 Å². The smallest absolute Gasteiger partial charge is 0.337 e. The van der Waals surface area contributed by atoms with E-state index in [2.05, 4.69) is 14.9 Å². The van der Waals surface area contributed by atoms with Crippen molar-refractivity contribution in [3.05, 3.63) is 76.6 Å². The summed E-state index contributed by atoms with van der Waals surface area (Å²) in [7, 11) is 0. The van der Waals surface area contributed by atoms with Gasteiger partial charge in [-0.1, -0.05) is 18.2 Å². The first-order chi connectivity index (χ1) is 16.7. The highest BCUT2D eigenvalue weighted by atomic mass is 19.2. The molecule has 4 aromatic rings. The zero-order chi connectivity index (χ0) is 24.9. The van der Waals surface area contributed by atoms with Gasteiger partial charge in [0.1, 0.15) is 11.3 Å². The summed E-state index contributed by atoms with van der Waals surface area (Å²) in [4.78, 5) is 20.8. The molecule has 1 aliphatic rings. The first-order valence-electron chi connectivity index (χ1n) is 11.2. The van der Waals surface area contributed by atoms with E-state index in [9.17, 15) is 9.90 Å². The number of aromatic carboxylic acids is 1. The van der Waals surface area contributed by atoms with Gasteiger partial charge in [0, 0.05) is 6.54 Å². The largest absolute Gasteiger partial charge is 0.478 e. The molecule has 1 fully saturated rings. The highest BCUT2D eigenvalue weighted by Gasteiger charge is 2.28. The lowest BCUT2D eigenvalue weighted by molar-refractivity contribution is 0.0699. The molecule has 0 spiro atoms. The zero-order valence-electron chi connectivity index (χ0n) is 18.8. The van der Waals surface area contributed by atoms with Crippen LogP contribution >= 0.6 is 0 Å². The maximum atomic E-state index is 15.3. The van der Waals surface area contributed by atoms with Crippen LogP contribution in [-0.4, -0.2) is 39.0 Å². The van der Waals surface area contributed by atoms with Gasteiger partial charge in [0.05, 0.1) is 22.2 Å². The molecule has 0 atom stereocenters. The summed E-state index contributed by atoms with van der Waals surface area (Å²) in [6, 6.07) is 8.50. The molecular formula is C26H21F4N3O2. The van der Waals surface area contributed by atoms with Gasteiger partial charge in [0.2, 0.25) is 0 Å². The molecule has 0 aliphatic carbocycles. The van der Waals surface area contributed by atoms with Crippen LogP contribution in [0.2, 0.25) is 0 Å². The second-order valence-electron chi connectivity index (χ2n) is 8.74. The van der Waals surface area contributed by atoms with Crippen molar-refractivity contribution in [1.82, 2.24) is 14.9 Å². The Morgan fingerprint density at radius 3 is 2.23 bits per heavy atom. The van der Waals surface area contributed by atoms with Crippen LogP contribution in [-0.2, 0) is 6.54 Å². The maximum absolute atomic E-state index is 15.3. The number of carboxylic acids is 1. The molecule has 3 aromatic carbocycles. The Morgan fingerprint density at radius 2 is 1.60 bits per heavy atom.